The molecule has 2 N–H and O–H groups in total. The highest BCUT2D eigenvalue weighted by Gasteiger charge is 2.37. The number of ether oxygens (including phenoxy) is 1. The molecule has 5 heteroatoms. The Labute approximate surface area is 125 Å². The molecule has 2 saturated heterocycles. The van der Waals surface area contributed by atoms with Gasteiger partial charge in [0.1, 0.15) is 5.75 Å². The molecular weight excluding hydrogens is 266 g/mol. The van der Waals surface area contributed by atoms with E-state index in [0.29, 0.717) is 23.0 Å². The number of nitrogen functional groups attached to an aromatic ring is 1. The normalized spacial score (nSPS) is 25.7. The van der Waals surface area contributed by atoms with E-state index in [1.807, 2.05) is 4.90 Å². The Morgan fingerprint density at radius 1 is 1.38 bits per heavy atom. The lowest BCUT2D eigenvalue weighted by molar-refractivity contribution is 0.0396. The molecule has 114 valence electrons. The zero-order valence-corrected chi connectivity index (χ0v) is 12.7. The van der Waals surface area contributed by atoms with E-state index in [-0.39, 0.29) is 11.9 Å². The number of methoxy groups -OCH3 is 1. The quantitative estimate of drug-likeness (QED) is 0.840. The molecule has 0 spiro atoms. The molecule has 1 aromatic rings. The molecule has 2 aliphatic rings. The monoisotopic (exact) mass is 289 g/mol. The Kier molecular flexibility index (Phi) is 3.76. The van der Waals surface area contributed by atoms with Gasteiger partial charge in [-0.1, -0.05) is 0 Å². The van der Waals surface area contributed by atoms with E-state index in [0.717, 1.165) is 13.1 Å². The molecule has 2 unspecified atom stereocenters. The summed E-state index contributed by atoms with van der Waals surface area (Å²) in [6, 6.07) is 6.02. The highest BCUT2D eigenvalue weighted by atomic mass is 16.5. The van der Waals surface area contributed by atoms with E-state index in [9.17, 15) is 4.79 Å². The van der Waals surface area contributed by atoms with E-state index in [1.165, 1.54) is 19.4 Å². The number of nitrogens with two attached hydrogens (primary N) is 1. The molecule has 21 heavy (non-hydrogen) atoms. The van der Waals surface area contributed by atoms with Gasteiger partial charge in [0.25, 0.3) is 5.91 Å². The smallest absolute Gasteiger partial charge is 0.256 e. The van der Waals surface area contributed by atoms with Crippen LogP contribution in [0.4, 0.5) is 5.69 Å². The lowest BCUT2D eigenvalue weighted by Crippen LogP contribution is -2.56. The minimum atomic E-state index is 0.0363. The van der Waals surface area contributed by atoms with Crippen LogP contribution >= 0.6 is 0 Å². The predicted molar refractivity (Wildman–Crippen MR) is 82.5 cm³/mol. The number of carbonyl (C=O) groups is 1. The maximum Gasteiger partial charge on any atom is 0.256 e. The van der Waals surface area contributed by atoms with Crippen LogP contribution in [0, 0.1) is 0 Å². The number of fused-ring (bicyclic) bond motifs is 1. The van der Waals surface area contributed by atoms with Crippen LogP contribution in [0.1, 0.15) is 30.1 Å². The summed E-state index contributed by atoms with van der Waals surface area (Å²) in [6.45, 7) is 5.06. The van der Waals surface area contributed by atoms with Gasteiger partial charge in [-0.3, -0.25) is 9.69 Å². The van der Waals surface area contributed by atoms with E-state index in [4.69, 9.17) is 10.5 Å². The number of nitrogens with zero attached hydrogens (tertiary/aromatic N) is 2. The summed E-state index contributed by atoms with van der Waals surface area (Å²) in [5, 5.41) is 0. The summed E-state index contributed by atoms with van der Waals surface area (Å²) in [5.74, 6) is 0.715. The Bertz CT molecular complexity index is 546. The summed E-state index contributed by atoms with van der Waals surface area (Å²) in [6.07, 6.45) is 2.43. The first kappa shape index (κ1) is 14.2. The van der Waals surface area contributed by atoms with Crippen molar-refractivity contribution in [3.63, 3.8) is 0 Å². The van der Waals surface area contributed by atoms with Crippen molar-refractivity contribution in [3.05, 3.63) is 23.8 Å². The maximum atomic E-state index is 12.8. The fraction of sp³-hybridized carbons (Fsp3) is 0.562. The van der Waals surface area contributed by atoms with Crippen molar-refractivity contribution in [2.45, 2.75) is 31.8 Å². The number of piperazine rings is 1. The molecule has 0 bridgehead atoms. The lowest BCUT2D eigenvalue weighted by atomic mass is 10.0. The van der Waals surface area contributed by atoms with Crippen LogP contribution in [-0.2, 0) is 0 Å². The SMILES string of the molecule is COc1ccc(C(=O)N2CC3CCCN3CC2C)c(N)c1. The summed E-state index contributed by atoms with van der Waals surface area (Å²) < 4.78 is 5.14. The molecule has 3 rings (SSSR count). The van der Waals surface area contributed by atoms with Crippen LogP contribution in [0.15, 0.2) is 18.2 Å². The number of amides is 1. The first-order valence-corrected chi connectivity index (χ1v) is 7.58. The van der Waals surface area contributed by atoms with E-state index in [2.05, 4.69) is 11.8 Å². The Morgan fingerprint density at radius 2 is 2.19 bits per heavy atom. The molecule has 0 aliphatic carbocycles. The van der Waals surface area contributed by atoms with Gasteiger partial charge in [-0.05, 0) is 38.4 Å². The van der Waals surface area contributed by atoms with Crippen molar-refractivity contribution >= 4 is 11.6 Å². The van der Waals surface area contributed by atoms with Crippen molar-refractivity contribution < 1.29 is 9.53 Å². The standard InChI is InChI=1S/C16H23N3O2/c1-11-9-18-7-3-4-12(18)10-19(11)16(20)14-6-5-13(21-2)8-15(14)17/h5-6,8,11-12H,3-4,7,9-10,17H2,1-2H3. The number of carbonyl (C=O) groups excluding carboxylic acids is 1. The van der Waals surface area contributed by atoms with Crippen LogP contribution in [0.5, 0.6) is 5.75 Å². The summed E-state index contributed by atoms with van der Waals surface area (Å²) in [4.78, 5) is 17.3. The summed E-state index contributed by atoms with van der Waals surface area (Å²) in [5.41, 5.74) is 7.08. The fourth-order valence-electron chi connectivity index (χ4n) is 3.49. The van der Waals surface area contributed by atoms with Crippen molar-refractivity contribution in [2.75, 3.05) is 32.5 Å². The average Bonchev–Trinajstić information content (AvgIpc) is 2.92. The zero-order chi connectivity index (χ0) is 15.0. The van der Waals surface area contributed by atoms with Crippen LogP contribution in [-0.4, -0.2) is 54.5 Å². The third-order valence-corrected chi connectivity index (χ3v) is 4.69. The summed E-state index contributed by atoms with van der Waals surface area (Å²) >= 11 is 0. The largest absolute Gasteiger partial charge is 0.497 e. The van der Waals surface area contributed by atoms with Gasteiger partial charge in [0, 0.05) is 36.9 Å². The second-order valence-electron chi connectivity index (χ2n) is 6.05. The molecule has 5 nitrogen and oxygen atoms in total. The number of anilines is 1. The van der Waals surface area contributed by atoms with Gasteiger partial charge < -0.3 is 15.4 Å². The zero-order valence-electron chi connectivity index (χ0n) is 12.7. The fourth-order valence-corrected chi connectivity index (χ4v) is 3.49. The molecular formula is C16H23N3O2. The Morgan fingerprint density at radius 3 is 2.90 bits per heavy atom. The van der Waals surface area contributed by atoms with Gasteiger partial charge in [0.2, 0.25) is 0 Å². The van der Waals surface area contributed by atoms with E-state index < -0.39 is 0 Å². The number of rotatable bonds is 2. The number of hydrogen-bond donors (Lipinski definition) is 1. The predicted octanol–water partition coefficient (Wildman–Crippen LogP) is 1.59. The highest BCUT2D eigenvalue weighted by molar-refractivity contribution is 5.99. The van der Waals surface area contributed by atoms with Gasteiger partial charge in [-0.2, -0.15) is 0 Å². The molecule has 1 aromatic carbocycles. The van der Waals surface area contributed by atoms with Gasteiger partial charge in [0.05, 0.1) is 12.7 Å². The Hall–Kier alpha value is -1.75. The minimum absolute atomic E-state index is 0.0363. The second kappa shape index (κ2) is 5.56. The molecule has 2 fully saturated rings. The van der Waals surface area contributed by atoms with Crippen molar-refractivity contribution in [1.82, 2.24) is 9.80 Å². The first-order valence-electron chi connectivity index (χ1n) is 7.58. The lowest BCUT2D eigenvalue weighted by Gasteiger charge is -2.42. The minimum Gasteiger partial charge on any atom is -0.497 e. The second-order valence-corrected chi connectivity index (χ2v) is 6.05. The van der Waals surface area contributed by atoms with Crippen molar-refractivity contribution in [3.8, 4) is 5.75 Å². The van der Waals surface area contributed by atoms with Crippen LogP contribution in [0.2, 0.25) is 0 Å². The molecule has 2 aliphatic heterocycles. The molecule has 1 amide bonds. The van der Waals surface area contributed by atoms with Crippen LogP contribution in [0.25, 0.3) is 0 Å². The van der Waals surface area contributed by atoms with Gasteiger partial charge in [0.15, 0.2) is 0 Å². The molecule has 0 saturated carbocycles. The van der Waals surface area contributed by atoms with Crippen molar-refractivity contribution in [2.24, 2.45) is 0 Å². The van der Waals surface area contributed by atoms with Crippen LogP contribution in [0.3, 0.4) is 0 Å². The van der Waals surface area contributed by atoms with Gasteiger partial charge in [-0.15, -0.1) is 0 Å². The Balaban J connectivity index is 1.81. The van der Waals surface area contributed by atoms with Crippen LogP contribution < -0.4 is 10.5 Å². The third kappa shape index (κ3) is 2.58. The summed E-state index contributed by atoms with van der Waals surface area (Å²) in [7, 11) is 1.59. The molecule has 2 atom stereocenters. The van der Waals surface area contributed by atoms with Crippen molar-refractivity contribution in [1.29, 1.82) is 0 Å². The maximum absolute atomic E-state index is 12.8. The molecule has 0 aromatic heterocycles. The van der Waals surface area contributed by atoms with E-state index >= 15 is 0 Å². The number of hydrogen-bond acceptors (Lipinski definition) is 4. The van der Waals surface area contributed by atoms with Gasteiger partial charge in [-0.25, -0.2) is 0 Å². The topological polar surface area (TPSA) is 58.8 Å². The highest BCUT2D eigenvalue weighted by Crippen LogP contribution is 2.27. The average molecular weight is 289 g/mol. The number of benzene rings is 1. The van der Waals surface area contributed by atoms with Gasteiger partial charge >= 0.3 is 0 Å². The third-order valence-electron chi connectivity index (χ3n) is 4.69. The molecule has 0 radical (unpaired) electrons. The molecule has 2 heterocycles. The first-order chi connectivity index (χ1) is 10.1. The van der Waals surface area contributed by atoms with E-state index in [1.54, 1.807) is 25.3 Å².